The summed E-state index contributed by atoms with van der Waals surface area (Å²) < 4.78 is 25.2. The number of halogens is 1. The predicted molar refractivity (Wildman–Crippen MR) is 115 cm³/mol. The molecule has 1 aliphatic carbocycles. The van der Waals surface area contributed by atoms with Crippen LogP contribution < -0.4 is 10.6 Å². The van der Waals surface area contributed by atoms with Crippen molar-refractivity contribution in [1.82, 2.24) is 5.32 Å². The summed E-state index contributed by atoms with van der Waals surface area (Å²) in [5, 5.41) is 6.07. The molecule has 1 aliphatic rings. The van der Waals surface area contributed by atoms with Gasteiger partial charge in [-0.15, -0.1) is 12.4 Å². The molecule has 1 amide bonds. The summed E-state index contributed by atoms with van der Waals surface area (Å²) in [5.41, 5.74) is 4.06. The van der Waals surface area contributed by atoms with E-state index in [1.807, 2.05) is 37.3 Å². The first-order valence-corrected chi connectivity index (χ1v) is 11.1. The lowest BCUT2D eigenvalue weighted by Gasteiger charge is -2.12. The molecule has 5 nitrogen and oxygen atoms in total. The Hall–Kier alpha value is -1.89. The number of amides is 1. The Morgan fingerprint density at radius 1 is 1.07 bits per heavy atom. The molecule has 152 valence electrons. The largest absolute Gasteiger partial charge is 0.326 e. The number of anilines is 1. The zero-order valence-electron chi connectivity index (χ0n) is 16.0. The van der Waals surface area contributed by atoms with Gasteiger partial charge < -0.3 is 10.6 Å². The van der Waals surface area contributed by atoms with Gasteiger partial charge in [-0.1, -0.05) is 31.2 Å². The maximum Gasteiger partial charge on any atom is 0.225 e. The molecular weight excluding hydrogens is 396 g/mol. The van der Waals surface area contributed by atoms with Crippen molar-refractivity contribution in [2.24, 2.45) is 0 Å². The molecule has 0 heterocycles. The second kappa shape index (κ2) is 10.0. The molecule has 0 bridgehead atoms. The Balaban J connectivity index is 0.00000280. The van der Waals surface area contributed by atoms with Crippen LogP contribution in [-0.2, 0) is 34.0 Å². The van der Waals surface area contributed by atoms with Gasteiger partial charge in [0.25, 0.3) is 0 Å². The zero-order chi connectivity index (χ0) is 19.3. The lowest BCUT2D eigenvalue weighted by molar-refractivity contribution is -0.115. The highest BCUT2D eigenvalue weighted by Crippen LogP contribution is 2.25. The third kappa shape index (κ3) is 5.56. The van der Waals surface area contributed by atoms with Crippen molar-refractivity contribution in [3.8, 4) is 0 Å². The summed E-state index contributed by atoms with van der Waals surface area (Å²) in [6.45, 7) is 3.51. The number of benzene rings is 2. The first-order valence-electron chi connectivity index (χ1n) is 9.42. The highest BCUT2D eigenvalue weighted by Gasteiger charge is 2.20. The number of nitrogens with one attached hydrogen (secondary N) is 2. The van der Waals surface area contributed by atoms with Crippen LogP contribution in [0.2, 0.25) is 0 Å². The van der Waals surface area contributed by atoms with Gasteiger partial charge in [-0.05, 0) is 60.7 Å². The van der Waals surface area contributed by atoms with Gasteiger partial charge in [-0.3, -0.25) is 4.79 Å². The number of fused-ring (bicyclic) bond motifs is 1. The lowest BCUT2D eigenvalue weighted by Crippen LogP contribution is -2.19. The molecule has 0 aromatic heterocycles. The van der Waals surface area contributed by atoms with Gasteiger partial charge in [0.05, 0.1) is 10.6 Å². The first-order chi connectivity index (χ1) is 13.0. The molecular formula is C21H27ClN2O3S. The molecule has 2 aromatic carbocycles. The molecule has 0 fully saturated rings. The van der Waals surface area contributed by atoms with Crippen LogP contribution in [-0.4, -0.2) is 26.6 Å². The lowest BCUT2D eigenvalue weighted by atomic mass is 10.1. The Labute approximate surface area is 173 Å². The number of aryl methyl sites for hydroxylation is 2. The van der Waals surface area contributed by atoms with Crippen LogP contribution in [0, 0.1) is 0 Å². The van der Waals surface area contributed by atoms with Crippen molar-refractivity contribution in [1.29, 1.82) is 0 Å². The van der Waals surface area contributed by atoms with E-state index in [1.165, 1.54) is 5.56 Å². The monoisotopic (exact) mass is 422 g/mol. The molecule has 0 unspecified atom stereocenters. The second-order valence-electron chi connectivity index (χ2n) is 6.84. The number of carbonyl (C=O) groups excluding carboxylic acids is 1. The molecule has 0 atom stereocenters. The molecule has 28 heavy (non-hydrogen) atoms. The molecule has 7 heteroatoms. The van der Waals surface area contributed by atoms with Crippen LogP contribution in [0.3, 0.4) is 0 Å². The van der Waals surface area contributed by atoms with Gasteiger partial charge >= 0.3 is 0 Å². The zero-order valence-corrected chi connectivity index (χ0v) is 17.7. The molecule has 3 rings (SSSR count). The van der Waals surface area contributed by atoms with Crippen LogP contribution in [0.4, 0.5) is 5.69 Å². The highest BCUT2D eigenvalue weighted by atomic mass is 35.5. The predicted octanol–water partition coefficient (Wildman–Crippen LogP) is 3.51. The average Bonchev–Trinajstić information content (AvgIpc) is 3.14. The fourth-order valence-electron chi connectivity index (χ4n) is 3.36. The van der Waals surface area contributed by atoms with E-state index in [1.54, 1.807) is 12.1 Å². The Bertz CT molecular complexity index is 929. The van der Waals surface area contributed by atoms with E-state index in [0.29, 0.717) is 11.4 Å². The minimum Gasteiger partial charge on any atom is -0.326 e. The fraction of sp³-hybridized carbons (Fsp3) is 0.381. The van der Waals surface area contributed by atoms with E-state index in [9.17, 15) is 13.2 Å². The highest BCUT2D eigenvalue weighted by molar-refractivity contribution is 7.91. The number of para-hydroxylation sites is 1. The van der Waals surface area contributed by atoms with Gasteiger partial charge in [0.1, 0.15) is 0 Å². The first kappa shape index (κ1) is 22.4. The molecule has 0 radical (unpaired) electrons. The average molecular weight is 423 g/mol. The normalized spacial score (nSPS) is 12.9. The van der Waals surface area contributed by atoms with E-state index in [4.69, 9.17) is 0 Å². The fourth-order valence-corrected chi connectivity index (χ4v) is 4.64. The van der Waals surface area contributed by atoms with Crippen LogP contribution in [0.25, 0.3) is 0 Å². The Morgan fingerprint density at radius 2 is 1.82 bits per heavy atom. The summed E-state index contributed by atoms with van der Waals surface area (Å²) in [4.78, 5) is 12.6. The van der Waals surface area contributed by atoms with Crippen molar-refractivity contribution in [3.63, 3.8) is 0 Å². The Morgan fingerprint density at radius 3 is 2.61 bits per heavy atom. The van der Waals surface area contributed by atoms with E-state index in [2.05, 4.69) is 10.6 Å². The maximum atomic E-state index is 12.6. The Kier molecular flexibility index (Phi) is 8.04. The van der Waals surface area contributed by atoms with E-state index >= 15 is 0 Å². The van der Waals surface area contributed by atoms with Gasteiger partial charge in [0, 0.05) is 18.7 Å². The van der Waals surface area contributed by atoms with Gasteiger partial charge in [0.15, 0.2) is 9.84 Å². The van der Waals surface area contributed by atoms with Crippen LogP contribution in [0.1, 0.15) is 36.5 Å². The van der Waals surface area contributed by atoms with E-state index in [-0.39, 0.29) is 30.5 Å². The third-order valence-electron chi connectivity index (χ3n) is 4.88. The van der Waals surface area contributed by atoms with Gasteiger partial charge in [0.2, 0.25) is 5.91 Å². The summed E-state index contributed by atoms with van der Waals surface area (Å²) in [6.07, 6.45) is 2.97. The number of rotatable bonds is 8. The number of sulfone groups is 1. The van der Waals surface area contributed by atoms with Crippen LogP contribution >= 0.6 is 12.4 Å². The van der Waals surface area contributed by atoms with Crippen molar-refractivity contribution < 1.29 is 13.2 Å². The summed E-state index contributed by atoms with van der Waals surface area (Å²) in [6, 6.07) is 12.9. The second-order valence-corrected chi connectivity index (χ2v) is 8.95. The molecule has 0 aliphatic heterocycles. The summed E-state index contributed by atoms with van der Waals surface area (Å²) >= 11 is 0. The maximum absolute atomic E-state index is 12.6. The minimum atomic E-state index is -3.47. The van der Waals surface area contributed by atoms with Crippen molar-refractivity contribution in [2.45, 2.75) is 44.0 Å². The smallest absolute Gasteiger partial charge is 0.225 e. The topological polar surface area (TPSA) is 75.3 Å². The standard InChI is InChI=1S/C21H26N2O3S.ClH/c1-2-22-15-18-6-3-4-9-20(18)23-21(24)12-13-27(25,26)19-11-10-16-7-5-8-17(16)14-19;/h3-4,6,9-11,14,22H,2,5,7-8,12-13,15H2,1H3,(H,23,24);1H. The molecule has 2 N–H and O–H groups in total. The third-order valence-corrected chi connectivity index (χ3v) is 6.60. The summed E-state index contributed by atoms with van der Waals surface area (Å²) in [7, 11) is -3.47. The SMILES string of the molecule is CCNCc1ccccc1NC(=O)CCS(=O)(=O)c1ccc2c(c1)CCC2.Cl. The van der Waals surface area contributed by atoms with Crippen LogP contribution in [0.15, 0.2) is 47.4 Å². The van der Waals surface area contributed by atoms with Crippen molar-refractivity contribution >= 4 is 33.8 Å². The van der Waals surface area contributed by atoms with Crippen molar-refractivity contribution in [3.05, 3.63) is 59.2 Å². The number of hydrogen-bond acceptors (Lipinski definition) is 4. The molecule has 0 saturated heterocycles. The number of carbonyl (C=O) groups is 1. The molecule has 2 aromatic rings. The quantitative estimate of drug-likeness (QED) is 0.682. The van der Waals surface area contributed by atoms with E-state index < -0.39 is 9.84 Å². The number of hydrogen-bond donors (Lipinski definition) is 2. The van der Waals surface area contributed by atoms with Crippen molar-refractivity contribution in [2.75, 3.05) is 17.6 Å². The van der Waals surface area contributed by atoms with Gasteiger partial charge in [-0.2, -0.15) is 0 Å². The van der Waals surface area contributed by atoms with Crippen LogP contribution in [0.5, 0.6) is 0 Å². The molecule has 0 saturated carbocycles. The molecule has 0 spiro atoms. The van der Waals surface area contributed by atoms with E-state index in [0.717, 1.165) is 42.6 Å². The summed E-state index contributed by atoms with van der Waals surface area (Å²) in [5.74, 6) is -0.476. The minimum absolute atomic E-state index is 0. The van der Waals surface area contributed by atoms with Gasteiger partial charge in [-0.25, -0.2) is 8.42 Å².